The van der Waals surface area contributed by atoms with Crippen molar-refractivity contribution in [2.24, 2.45) is 0 Å². The van der Waals surface area contributed by atoms with Crippen LogP contribution in [0.3, 0.4) is 0 Å². The topological polar surface area (TPSA) is 40.2 Å². The molecule has 2 unspecified atom stereocenters. The molecule has 0 aromatic carbocycles. The van der Waals surface area contributed by atoms with Crippen LogP contribution in [-0.2, 0) is 18.3 Å². The number of epoxide rings is 1. The first-order valence-electron chi connectivity index (χ1n) is 5.01. The van der Waals surface area contributed by atoms with Gasteiger partial charge in [0.05, 0.1) is 6.61 Å². The van der Waals surface area contributed by atoms with Crippen LogP contribution in [0.15, 0.2) is 0 Å². The maximum Gasteiger partial charge on any atom is 0.367 e. The zero-order chi connectivity index (χ0) is 10.6. The van der Waals surface area contributed by atoms with E-state index in [-0.39, 0.29) is 11.8 Å². The molecule has 0 radical (unpaired) electrons. The van der Waals surface area contributed by atoms with Crippen LogP contribution >= 0.6 is 0 Å². The summed E-state index contributed by atoms with van der Waals surface area (Å²) in [6, 6.07) is 0. The molecule has 84 valence electrons. The highest BCUT2D eigenvalue weighted by atomic mass is 28.4. The quantitative estimate of drug-likeness (QED) is 0.475. The lowest BCUT2D eigenvalue weighted by molar-refractivity contribution is 0.0433. The van der Waals surface area contributed by atoms with Gasteiger partial charge in [-0.15, -0.1) is 0 Å². The Kier molecular flexibility index (Phi) is 4.53. The van der Waals surface area contributed by atoms with Gasteiger partial charge in [-0.1, -0.05) is 6.92 Å². The molecule has 0 aliphatic carbocycles. The van der Waals surface area contributed by atoms with Gasteiger partial charge < -0.3 is 18.3 Å². The number of ether oxygens (including phenoxy) is 2. The van der Waals surface area contributed by atoms with Crippen LogP contribution in [0.1, 0.15) is 13.3 Å². The van der Waals surface area contributed by atoms with Gasteiger partial charge in [-0.25, -0.2) is 0 Å². The fourth-order valence-electron chi connectivity index (χ4n) is 1.39. The van der Waals surface area contributed by atoms with Crippen LogP contribution in [0.25, 0.3) is 0 Å². The normalized spacial score (nSPS) is 23.6. The second-order valence-electron chi connectivity index (χ2n) is 3.59. The van der Waals surface area contributed by atoms with Crippen LogP contribution in [0.2, 0.25) is 6.55 Å². The lowest BCUT2D eigenvalue weighted by Crippen LogP contribution is -2.53. The lowest BCUT2D eigenvalue weighted by atomic mass is 10.5. The van der Waals surface area contributed by atoms with Gasteiger partial charge in [0, 0.05) is 20.8 Å². The third kappa shape index (κ3) is 2.77. The van der Waals surface area contributed by atoms with E-state index in [0.717, 1.165) is 19.6 Å². The predicted octanol–water partition coefficient (Wildman–Crippen LogP) is 1.08. The smallest absolute Gasteiger partial charge is 0.367 e. The Balaban J connectivity index is 2.54. The minimum Gasteiger partial charge on any atom is -0.396 e. The van der Waals surface area contributed by atoms with Crippen molar-refractivity contribution in [2.75, 3.05) is 27.4 Å². The molecule has 0 saturated carbocycles. The van der Waals surface area contributed by atoms with E-state index < -0.39 is 8.56 Å². The molecule has 0 bridgehead atoms. The van der Waals surface area contributed by atoms with Crippen molar-refractivity contribution in [3.8, 4) is 0 Å². The second-order valence-corrected chi connectivity index (χ2v) is 7.00. The van der Waals surface area contributed by atoms with Gasteiger partial charge in [0.1, 0.15) is 11.8 Å². The Morgan fingerprint density at radius 1 is 1.43 bits per heavy atom. The fraction of sp³-hybridized carbons (Fsp3) is 1.00. The summed E-state index contributed by atoms with van der Waals surface area (Å²) < 4.78 is 21.9. The van der Waals surface area contributed by atoms with Crippen molar-refractivity contribution in [1.82, 2.24) is 0 Å². The zero-order valence-corrected chi connectivity index (χ0v) is 10.4. The molecule has 1 heterocycles. The molecule has 1 fully saturated rings. The molecule has 1 aliphatic rings. The molecular weight excluding hydrogens is 200 g/mol. The van der Waals surface area contributed by atoms with Gasteiger partial charge in [-0.3, -0.25) is 0 Å². The molecule has 0 aromatic heterocycles. The lowest BCUT2D eigenvalue weighted by Gasteiger charge is -2.30. The summed E-state index contributed by atoms with van der Waals surface area (Å²) in [5, 5.41) is 0. The molecule has 1 aliphatic heterocycles. The third-order valence-electron chi connectivity index (χ3n) is 2.53. The van der Waals surface area contributed by atoms with Crippen molar-refractivity contribution in [1.29, 1.82) is 0 Å². The van der Waals surface area contributed by atoms with Crippen molar-refractivity contribution >= 4 is 8.56 Å². The van der Waals surface area contributed by atoms with E-state index in [9.17, 15) is 0 Å². The van der Waals surface area contributed by atoms with Gasteiger partial charge >= 0.3 is 8.56 Å². The van der Waals surface area contributed by atoms with E-state index in [4.69, 9.17) is 18.3 Å². The summed E-state index contributed by atoms with van der Waals surface area (Å²) in [4.78, 5) is 0. The van der Waals surface area contributed by atoms with Crippen molar-refractivity contribution in [3.63, 3.8) is 0 Å². The third-order valence-corrected chi connectivity index (χ3v) is 5.72. The fourth-order valence-corrected chi connectivity index (χ4v) is 3.31. The first kappa shape index (κ1) is 12.1. The number of hydrogen-bond acceptors (Lipinski definition) is 4. The SMILES string of the molecule is CCCOC(C1CO1)[Si](C)(OC)OC. The van der Waals surface area contributed by atoms with Crippen LogP contribution in [0.4, 0.5) is 0 Å². The number of hydrogen-bond donors (Lipinski definition) is 0. The predicted molar refractivity (Wildman–Crippen MR) is 55.4 cm³/mol. The van der Waals surface area contributed by atoms with E-state index in [1.807, 2.05) is 6.55 Å². The summed E-state index contributed by atoms with van der Waals surface area (Å²) in [5.74, 6) is 0. The highest BCUT2D eigenvalue weighted by molar-refractivity contribution is 6.67. The Morgan fingerprint density at radius 3 is 2.36 bits per heavy atom. The first-order chi connectivity index (χ1) is 6.68. The molecule has 14 heavy (non-hydrogen) atoms. The van der Waals surface area contributed by atoms with Crippen LogP contribution < -0.4 is 0 Å². The van der Waals surface area contributed by atoms with Crippen molar-refractivity contribution in [2.45, 2.75) is 31.7 Å². The molecule has 0 N–H and O–H groups in total. The Hall–Kier alpha value is 0.0569. The maximum atomic E-state index is 5.75. The highest BCUT2D eigenvalue weighted by Gasteiger charge is 2.50. The molecule has 5 heteroatoms. The van der Waals surface area contributed by atoms with Crippen LogP contribution in [0.5, 0.6) is 0 Å². The van der Waals surface area contributed by atoms with Gasteiger partial charge in [0.15, 0.2) is 0 Å². The van der Waals surface area contributed by atoms with E-state index in [0.29, 0.717) is 0 Å². The first-order valence-corrected chi connectivity index (χ1v) is 7.40. The van der Waals surface area contributed by atoms with E-state index >= 15 is 0 Å². The summed E-state index contributed by atoms with van der Waals surface area (Å²) in [6.45, 7) is 5.60. The largest absolute Gasteiger partial charge is 0.396 e. The second kappa shape index (κ2) is 5.23. The summed E-state index contributed by atoms with van der Waals surface area (Å²) in [7, 11) is 1.15. The zero-order valence-electron chi connectivity index (χ0n) is 9.41. The van der Waals surface area contributed by atoms with E-state index in [1.54, 1.807) is 14.2 Å². The summed E-state index contributed by atoms with van der Waals surface area (Å²) >= 11 is 0. The van der Waals surface area contributed by atoms with Gasteiger partial charge in [0.2, 0.25) is 0 Å². The minimum atomic E-state index is -2.21. The van der Waals surface area contributed by atoms with Gasteiger partial charge in [0.25, 0.3) is 0 Å². The van der Waals surface area contributed by atoms with Crippen molar-refractivity contribution in [3.05, 3.63) is 0 Å². The molecule has 1 saturated heterocycles. The van der Waals surface area contributed by atoms with E-state index in [1.165, 1.54) is 0 Å². The van der Waals surface area contributed by atoms with Gasteiger partial charge in [-0.05, 0) is 13.0 Å². The van der Waals surface area contributed by atoms with Crippen LogP contribution in [-0.4, -0.2) is 47.8 Å². The molecule has 0 amide bonds. The molecule has 2 atom stereocenters. The minimum absolute atomic E-state index is 0.00236. The molecule has 0 spiro atoms. The summed E-state index contributed by atoms with van der Waals surface area (Å²) in [5.41, 5.74) is -0.00236. The maximum absolute atomic E-state index is 5.75. The molecular formula is C9H20O4Si. The number of rotatable bonds is 7. The Labute approximate surface area is 86.7 Å². The van der Waals surface area contributed by atoms with E-state index in [2.05, 4.69) is 6.92 Å². The standard InChI is InChI=1S/C9H20O4Si/c1-5-6-12-9(8-7-13-8)14(4,10-2)11-3/h8-9H,5-7H2,1-4H3. The van der Waals surface area contributed by atoms with Crippen molar-refractivity contribution < 1.29 is 18.3 Å². The van der Waals surface area contributed by atoms with Crippen LogP contribution in [0, 0.1) is 0 Å². The Morgan fingerprint density at radius 2 is 2.00 bits per heavy atom. The highest BCUT2D eigenvalue weighted by Crippen LogP contribution is 2.26. The molecule has 0 aromatic rings. The monoisotopic (exact) mass is 220 g/mol. The molecule has 1 rings (SSSR count). The average molecular weight is 220 g/mol. The van der Waals surface area contributed by atoms with Gasteiger partial charge in [-0.2, -0.15) is 0 Å². The summed E-state index contributed by atoms with van der Waals surface area (Å²) in [6.07, 6.45) is 1.18. The average Bonchev–Trinajstić information content (AvgIpc) is 3.02. The molecule has 4 nitrogen and oxygen atoms in total. The Bertz CT molecular complexity index is 168.